The van der Waals surface area contributed by atoms with Crippen LogP contribution in [0.4, 0.5) is 11.4 Å². The van der Waals surface area contributed by atoms with Crippen molar-refractivity contribution in [3.8, 4) is 5.75 Å². The fourth-order valence-corrected chi connectivity index (χ4v) is 2.11. The lowest BCUT2D eigenvalue weighted by atomic mass is 10.2. The first kappa shape index (κ1) is 12.0. The molecule has 0 bridgehead atoms. The number of nitrogens with zero attached hydrogens (tertiary/aromatic N) is 1. The Labute approximate surface area is 103 Å². The quantitative estimate of drug-likeness (QED) is 0.847. The van der Waals surface area contributed by atoms with Gasteiger partial charge in [-0.1, -0.05) is 6.07 Å². The summed E-state index contributed by atoms with van der Waals surface area (Å²) in [4.78, 5) is 2.33. The van der Waals surface area contributed by atoms with Crippen LogP contribution in [0, 0.1) is 0 Å². The highest BCUT2D eigenvalue weighted by Gasteiger charge is 2.19. The maximum absolute atomic E-state index is 5.64. The molecular formula is C13H20N2O2. The fraction of sp³-hybridized carbons (Fsp3) is 0.538. The summed E-state index contributed by atoms with van der Waals surface area (Å²) in [7, 11) is 1.74. The van der Waals surface area contributed by atoms with Crippen LogP contribution in [-0.2, 0) is 4.74 Å². The smallest absolute Gasteiger partial charge is 0.144 e. The molecule has 4 heteroatoms. The first-order chi connectivity index (χ1) is 8.36. The van der Waals surface area contributed by atoms with Crippen molar-refractivity contribution in [1.82, 2.24) is 0 Å². The van der Waals surface area contributed by atoms with Crippen LogP contribution >= 0.6 is 0 Å². The van der Waals surface area contributed by atoms with Gasteiger partial charge in [-0.05, 0) is 19.1 Å². The number of methoxy groups -OCH3 is 1. The third-order valence-corrected chi connectivity index (χ3v) is 2.89. The third kappa shape index (κ3) is 2.64. The van der Waals surface area contributed by atoms with E-state index in [-0.39, 0.29) is 0 Å². The summed E-state index contributed by atoms with van der Waals surface area (Å²) in [6.45, 7) is 6.31. The van der Waals surface area contributed by atoms with Crippen LogP contribution in [0.25, 0.3) is 0 Å². The van der Waals surface area contributed by atoms with E-state index in [1.807, 2.05) is 19.1 Å². The summed E-state index contributed by atoms with van der Waals surface area (Å²) >= 11 is 0. The molecule has 0 aliphatic carbocycles. The molecule has 4 nitrogen and oxygen atoms in total. The molecule has 1 aliphatic heterocycles. The first-order valence-electron chi connectivity index (χ1n) is 6.10. The Morgan fingerprint density at radius 2 is 2.29 bits per heavy atom. The lowest BCUT2D eigenvalue weighted by molar-refractivity contribution is 0.205. The van der Waals surface area contributed by atoms with Crippen molar-refractivity contribution in [3.63, 3.8) is 0 Å². The van der Waals surface area contributed by atoms with Gasteiger partial charge in [0, 0.05) is 26.7 Å². The maximum atomic E-state index is 5.64. The van der Waals surface area contributed by atoms with Crippen LogP contribution in [0.5, 0.6) is 5.75 Å². The second-order valence-electron chi connectivity index (χ2n) is 3.99. The number of benzene rings is 1. The minimum atomic E-state index is 0.691. The van der Waals surface area contributed by atoms with E-state index in [0.29, 0.717) is 6.61 Å². The predicted molar refractivity (Wildman–Crippen MR) is 70.2 cm³/mol. The van der Waals surface area contributed by atoms with E-state index in [4.69, 9.17) is 9.47 Å². The van der Waals surface area contributed by atoms with Gasteiger partial charge >= 0.3 is 0 Å². The summed E-state index contributed by atoms with van der Waals surface area (Å²) in [5.74, 6) is 0.937. The standard InChI is InChI=1S/C13H20N2O2/c1-3-17-12-6-4-5-11-13(12)14-7-8-15(11)9-10-16-2/h4-6,14H,3,7-10H2,1-2H3. The molecule has 17 heavy (non-hydrogen) atoms. The SMILES string of the molecule is CCOc1cccc2c1NCCN2CCOC. The molecule has 2 rings (SSSR count). The molecule has 0 saturated carbocycles. The molecule has 1 aliphatic rings. The number of nitrogens with one attached hydrogen (secondary N) is 1. The molecule has 0 fully saturated rings. The zero-order valence-corrected chi connectivity index (χ0v) is 10.5. The number of anilines is 2. The minimum Gasteiger partial charge on any atom is -0.492 e. The van der Waals surface area contributed by atoms with Gasteiger partial charge in [0.1, 0.15) is 11.4 Å². The van der Waals surface area contributed by atoms with Crippen molar-refractivity contribution >= 4 is 11.4 Å². The van der Waals surface area contributed by atoms with Gasteiger partial charge in [0.2, 0.25) is 0 Å². The van der Waals surface area contributed by atoms with Gasteiger partial charge in [-0.2, -0.15) is 0 Å². The second-order valence-corrected chi connectivity index (χ2v) is 3.99. The van der Waals surface area contributed by atoms with Crippen molar-refractivity contribution in [2.24, 2.45) is 0 Å². The summed E-state index contributed by atoms with van der Waals surface area (Å²) in [6, 6.07) is 6.17. The second kappa shape index (κ2) is 5.77. The molecule has 0 aromatic heterocycles. The van der Waals surface area contributed by atoms with E-state index in [9.17, 15) is 0 Å². The predicted octanol–water partition coefficient (Wildman–Crippen LogP) is 1.96. The first-order valence-corrected chi connectivity index (χ1v) is 6.10. The molecule has 94 valence electrons. The van der Waals surface area contributed by atoms with Crippen molar-refractivity contribution in [2.45, 2.75) is 6.92 Å². The summed E-state index contributed by atoms with van der Waals surface area (Å²) in [5.41, 5.74) is 2.32. The Morgan fingerprint density at radius 3 is 3.06 bits per heavy atom. The molecule has 0 saturated heterocycles. The Morgan fingerprint density at radius 1 is 1.41 bits per heavy atom. The van der Waals surface area contributed by atoms with Crippen molar-refractivity contribution in [1.29, 1.82) is 0 Å². The van der Waals surface area contributed by atoms with Crippen LogP contribution in [0.3, 0.4) is 0 Å². The molecule has 1 aromatic rings. The van der Waals surface area contributed by atoms with Gasteiger partial charge in [-0.3, -0.25) is 0 Å². The van der Waals surface area contributed by atoms with Crippen LogP contribution < -0.4 is 15.0 Å². The topological polar surface area (TPSA) is 33.7 Å². The zero-order valence-electron chi connectivity index (χ0n) is 10.5. The van der Waals surface area contributed by atoms with Gasteiger partial charge in [0.25, 0.3) is 0 Å². The van der Waals surface area contributed by atoms with Crippen molar-refractivity contribution < 1.29 is 9.47 Å². The number of ether oxygens (including phenoxy) is 2. The van der Waals surface area contributed by atoms with E-state index in [0.717, 1.165) is 37.7 Å². The third-order valence-electron chi connectivity index (χ3n) is 2.89. The number of rotatable bonds is 5. The largest absolute Gasteiger partial charge is 0.492 e. The Hall–Kier alpha value is -1.42. The summed E-state index contributed by atoms with van der Waals surface area (Å²) < 4.78 is 10.8. The van der Waals surface area contributed by atoms with Crippen LogP contribution in [0.2, 0.25) is 0 Å². The molecule has 1 N–H and O–H groups in total. The van der Waals surface area contributed by atoms with E-state index in [1.165, 1.54) is 5.69 Å². The molecule has 0 amide bonds. The average molecular weight is 236 g/mol. The van der Waals surface area contributed by atoms with E-state index in [2.05, 4.69) is 16.3 Å². The van der Waals surface area contributed by atoms with Crippen LogP contribution in [0.15, 0.2) is 18.2 Å². The molecule has 0 atom stereocenters. The number of hydrogen-bond donors (Lipinski definition) is 1. The van der Waals surface area contributed by atoms with Crippen molar-refractivity contribution in [3.05, 3.63) is 18.2 Å². The average Bonchev–Trinajstić information content (AvgIpc) is 2.37. The van der Waals surface area contributed by atoms with Crippen molar-refractivity contribution in [2.75, 3.05) is 50.2 Å². The Balaban J connectivity index is 2.22. The highest BCUT2D eigenvalue weighted by Crippen LogP contribution is 2.37. The molecule has 1 aromatic carbocycles. The van der Waals surface area contributed by atoms with Crippen LogP contribution in [-0.4, -0.2) is 40.0 Å². The molecule has 0 radical (unpaired) electrons. The highest BCUT2D eigenvalue weighted by molar-refractivity contribution is 5.78. The van der Waals surface area contributed by atoms with Gasteiger partial charge in [0.05, 0.1) is 18.9 Å². The van der Waals surface area contributed by atoms with E-state index < -0.39 is 0 Å². The summed E-state index contributed by atoms with van der Waals surface area (Å²) in [6.07, 6.45) is 0. The van der Waals surface area contributed by atoms with E-state index in [1.54, 1.807) is 7.11 Å². The zero-order chi connectivity index (χ0) is 12.1. The number of para-hydroxylation sites is 1. The van der Waals surface area contributed by atoms with Gasteiger partial charge in [-0.25, -0.2) is 0 Å². The fourth-order valence-electron chi connectivity index (χ4n) is 2.11. The molecule has 0 spiro atoms. The highest BCUT2D eigenvalue weighted by atomic mass is 16.5. The molecule has 1 heterocycles. The van der Waals surface area contributed by atoms with Gasteiger partial charge in [0.15, 0.2) is 0 Å². The lowest BCUT2D eigenvalue weighted by Crippen LogP contribution is -2.36. The van der Waals surface area contributed by atoms with E-state index >= 15 is 0 Å². The maximum Gasteiger partial charge on any atom is 0.144 e. The lowest BCUT2D eigenvalue weighted by Gasteiger charge is -2.32. The van der Waals surface area contributed by atoms with Gasteiger partial charge < -0.3 is 19.7 Å². The Kier molecular flexibility index (Phi) is 4.09. The van der Waals surface area contributed by atoms with Crippen LogP contribution in [0.1, 0.15) is 6.92 Å². The molecular weight excluding hydrogens is 216 g/mol. The minimum absolute atomic E-state index is 0.691. The number of fused-ring (bicyclic) bond motifs is 1. The monoisotopic (exact) mass is 236 g/mol. The normalized spacial score (nSPS) is 14.1. The van der Waals surface area contributed by atoms with Gasteiger partial charge in [-0.15, -0.1) is 0 Å². The molecule has 0 unspecified atom stereocenters. The Bertz CT molecular complexity index is 368. The number of hydrogen-bond acceptors (Lipinski definition) is 4. The summed E-state index contributed by atoms with van der Waals surface area (Å²) in [5, 5.41) is 3.41.